The molecule has 0 aliphatic carbocycles. The number of carbonyl (C=O) groups excluding carboxylic acids is 1. The molecule has 0 spiro atoms. The molecule has 198 valence electrons. The molecule has 8 heteroatoms. The van der Waals surface area contributed by atoms with Crippen LogP contribution in [0, 0.1) is 6.92 Å². The molecule has 5 rings (SSSR count). The van der Waals surface area contributed by atoms with Gasteiger partial charge in [0, 0.05) is 29.8 Å². The van der Waals surface area contributed by atoms with E-state index >= 15 is 0 Å². The average molecular weight is 518 g/mol. The Labute approximate surface area is 222 Å². The van der Waals surface area contributed by atoms with Crippen LogP contribution < -0.4 is 28.4 Å². The largest absolute Gasteiger partial charge is 0.497 e. The molecule has 0 atom stereocenters. The van der Waals surface area contributed by atoms with E-state index in [9.17, 15) is 4.79 Å². The van der Waals surface area contributed by atoms with Gasteiger partial charge in [-0.05, 0) is 55.3 Å². The first kappa shape index (κ1) is 25.5. The molecule has 0 radical (unpaired) electrons. The molecule has 0 saturated carbocycles. The molecule has 2 aliphatic rings. The van der Waals surface area contributed by atoms with Gasteiger partial charge in [0.25, 0.3) is 0 Å². The highest BCUT2D eigenvalue weighted by Crippen LogP contribution is 2.45. The average Bonchev–Trinajstić information content (AvgIpc) is 3.26. The summed E-state index contributed by atoms with van der Waals surface area (Å²) in [5.41, 5.74) is 4.20. The highest BCUT2D eigenvalue weighted by molar-refractivity contribution is 6.15. The molecule has 0 bridgehead atoms. The van der Waals surface area contributed by atoms with Crippen molar-refractivity contribution >= 4 is 11.9 Å². The molecule has 3 aromatic carbocycles. The maximum absolute atomic E-state index is 13.4. The monoisotopic (exact) mass is 517 g/mol. The minimum Gasteiger partial charge on any atom is -0.497 e. The Hall–Kier alpha value is -4.17. The maximum Gasteiger partial charge on any atom is 0.231 e. The number of fused-ring (bicyclic) bond motifs is 2. The molecule has 0 aromatic heterocycles. The highest BCUT2D eigenvalue weighted by atomic mass is 16.5. The predicted octanol–water partition coefficient (Wildman–Crippen LogP) is 5.04. The van der Waals surface area contributed by atoms with Gasteiger partial charge in [-0.15, -0.1) is 0 Å². The van der Waals surface area contributed by atoms with E-state index < -0.39 is 0 Å². The third kappa shape index (κ3) is 4.63. The van der Waals surface area contributed by atoms with Crippen LogP contribution in [0.2, 0.25) is 0 Å². The van der Waals surface area contributed by atoms with Crippen LogP contribution in [0.15, 0.2) is 48.2 Å². The highest BCUT2D eigenvalue weighted by Gasteiger charge is 2.34. The van der Waals surface area contributed by atoms with Gasteiger partial charge in [-0.2, -0.15) is 0 Å². The van der Waals surface area contributed by atoms with Crippen LogP contribution in [0.3, 0.4) is 0 Å². The molecule has 8 nitrogen and oxygen atoms in total. The third-order valence-corrected chi connectivity index (χ3v) is 6.90. The summed E-state index contributed by atoms with van der Waals surface area (Å²) in [7, 11) is 6.31. The molecule has 0 N–H and O–H groups in total. The van der Waals surface area contributed by atoms with E-state index in [1.807, 2.05) is 25.1 Å². The lowest BCUT2D eigenvalue weighted by molar-refractivity contribution is 0.0954. The first-order valence-electron chi connectivity index (χ1n) is 12.3. The third-order valence-electron chi connectivity index (χ3n) is 6.90. The quantitative estimate of drug-likeness (QED) is 0.385. The Morgan fingerprint density at radius 1 is 0.921 bits per heavy atom. The van der Waals surface area contributed by atoms with E-state index in [1.54, 1.807) is 46.6 Å². The lowest BCUT2D eigenvalue weighted by atomic mass is 9.99. The number of rotatable bonds is 8. The summed E-state index contributed by atoms with van der Waals surface area (Å²) < 4.78 is 33.9. The van der Waals surface area contributed by atoms with Gasteiger partial charge in [0.1, 0.15) is 24.0 Å². The Balaban J connectivity index is 1.37. The van der Waals surface area contributed by atoms with E-state index in [1.165, 1.54) is 5.56 Å². The summed E-state index contributed by atoms with van der Waals surface area (Å²) >= 11 is 0. The van der Waals surface area contributed by atoms with Crippen molar-refractivity contribution in [1.82, 2.24) is 4.90 Å². The Kier molecular flexibility index (Phi) is 7.15. The van der Waals surface area contributed by atoms with Crippen molar-refractivity contribution in [1.29, 1.82) is 0 Å². The van der Waals surface area contributed by atoms with E-state index in [0.717, 1.165) is 35.6 Å². The van der Waals surface area contributed by atoms with Crippen LogP contribution in [0.1, 0.15) is 32.6 Å². The smallest absolute Gasteiger partial charge is 0.231 e. The summed E-state index contributed by atoms with van der Waals surface area (Å²) in [6, 6.07) is 13.5. The lowest BCUT2D eigenvalue weighted by Gasteiger charge is -2.30. The van der Waals surface area contributed by atoms with Gasteiger partial charge in [-0.25, -0.2) is 0 Å². The van der Waals surface area contributed by atoms with Crippen LogP contribution in [-0.4, -0.2) is 52.4 Å². The fraction of sp³-hybridized carbons (Fsp3) is 0.300. The van der Waals surface area contributed by atoms with Crippen LogP contribution in [0.25, 0.3) is 6.08 Å². The van der Waals surface area contributed by atoms with Crippen LogP contribution in [0.4, 0.5) is 0 Å². The van der Waals surface area contributed by atoms with Crippen molar-refractivity contribution in [3.8, 4) is 34.5 Å². The zero-order valence-corrected chi connectivity index (χ0v) is 22.3. The van der Waals surface area contributed by atoms with E-state index in [2.05, 4.69) is 17.0 Å². The zero-order chi connectivity index (χ0) is 26.8. The van der Waals surface area contributed by atoms with Crippen LogP contribution >= 0.6 is 0 Å². The van der Waals surface area contributed by atoms with E-state index in [-0.39, 0.29) is 11.5 Å². The van der Waals surface area contributed by atoms with Crippen molar-refractivity contribution < 1.29 is 33.2 Å². The van der Waals surface area contributed by atoms with Crippen molar-refractivity contribution in [2.24, 2.45) is 0 Å². The van der Waals surface area contributed by atoms with Gasteiger partial charge >= 0.3 is 0 Å². The molecule has 0 unspecified atom stereocenters. The summed E-state index contributed by atoms with van der Waals surface area (Å²) in [6.07, 6.45) is 2.55. The van der Waals surface area contributed by atoms with Crippen molar-refractivity contribution in [3.63, 3.8) is 0 Å². The number of ketones is 1. The number of methoxy groups -OCH3 is 4. The Morgan fingerprint density at radius 2 is 1.68 bits per heavy atom. The fourth-order valence-electron chi connectivity index (χ4n) is 4.90. The van der Waals surface area contributed by atoms with Gasteiger partial charge in [0.15, 0.2) is 17.3 Å². The topological polar surface area (TPSA) is 75.7 Å². The summed E-state index contributed by atoms with van der Waals surface area (Å²) in [5.74, 6) is 3.63. The summed E-state index contributed by atoms with van der Waals surface area (Å²) in [6.45, 7) is 3.92. The number of ether oxygens (including phenoxy) is 6. The number of carbonyl (C=O) groups is 1. The van der Waals surface area contributed by atoms with E-state index in [4.69, 9.17) is 28.4 Å². The van der Waals surface area contributed by atoms with Gasteiger partial charge in [0.2, 0.25) is 11.5 Å². The second kappa shape index (κ2) is 10.7. The lowest BCUT2D eigenvalue weighted by Crippen LogP contribution is -2.34. The molecule has 2 aliphatic heterocycles. The number of hydrogen-bond acceptors (Lipinski definition) is 8. The molecule has 3 aromatic rings. The SMILES string of the molecule is COc1ccc(CCN2COc3c(cc4c(c3C)O/C(=C\c3ccc(OC)c(OC)c3OC)C4=O)C2)cc1. The predicted molar refractivity (Wildman–Crippen MR) is 143 cm³/mol. The minimum absolute atomic E-state index is 0.182. The zero-order valence-electron chi connectivity index (χ0n) is 22.3. The number of nitrogens with zero attached hydrogens (tertiary/aromatic N) is 1. The van der Waals surface area contributed by atoms with Gasteiger partial charge in [0.05, 0.1) is 34.0 Å². The molecule has 0 saturated heterocycles. The maximum atomic E-state index is 13.4. The standard InChI is InChI=1S/C30H31NO7/c1-18-27-21(16-31(17-37-27)13-12-19-6-9-22(33-2)10-7-19)14-23-26(32)25(38-28(18)23)15-20-8-11-24(34-3)30(36-5)29(20)35-4/h6-11,14-15H,12-13,16-17H2,1-5H3/b25-15-. The molecule has 38 heavy (non-hydrogen) atoms. The Morgan fingerprint density at radius 3 is 2.37 bits per heavy atom. The Bertz CT molecular complexity index is 1390. The van der Waals surface area contributed by atoms with Gasteiger partial charge in [-0.3, -0.25) is 9.69 Å². The first-order valence-corrected chi connectivity index (χ1v) is 12.3. The second-order valence-electron chi connectivity index (χ2n) is 9.15. The van der Waals surface area contributed by atoms with Crippen molar-refractivity contribution in [2.45, 2.75) is 19.9 Å². The minimum atomic E-state index is -0.182. The van der Waals surface area contributed by atoms with Crippen LogP contribution in [0.5, 0.6) is 34.5 Å². The number of benzene rings is 3. The number of hydrogen-bond donors (Lipinski definition) is 0. The van der Waals surface area contributed by atoms with Gasteiger partial charge < -0.3 is 28.4 Å². The van der Waals surface area contributed by atoms with E-state index in [0.29, 0.717) is 47.4 Å². The first-order chi connectivity index (χ1) is 18.5. The number of allylic oxidation sites excluding steroid dienone is 1. The molecule has 0 amide bonds. The number of Topliss-reactive ketones (excluding diaryl/α,β-unsaturated/α-hetero) is 1. The van der Waals surface area contributed by atoms with Crippen LogP contribution in [-0.2, 0) is 13.0 Å². The molecular weight excluding hydrogens is 486 g/mol. The fourth-order valence-corrected chi connectivity index (χ4v) is 4.90. The second-order valence-corrected chi connectivity index (χ2v) is 9.15. The summed E-state index contributed by atoms with van der Waals surface area (Å²) in [4.78, 5) is 15.6. The van der Waals surface area contributed by atoms with Crippen molar-refractivity contribution in [3.05, 3.63) is 76.0 Å². The molecule has 2 heterocycles. The van der Waals surface area contributed by atoms with Crippen molar-refractivity contribution in [2.75, 3.05) is 41.7 Å². The summed E-state index contributed by atoms with van der Waals surface area (Å²) in [5, 5.41) is 0. The van der Waals surface area contributed by atoms with Gasteiger partial charge in [-0.1, -0.05) is 12.1 Å². The molecular formula is C30H31NO7. The normalized spacial score (nSPS) is 15.4. The molecule has 0 fully saturated rings.